The lowest BCUT2D eigenvalue weighted by molar-refractivity contribution is -0.127. The highest BCUT2D eigenvalue weighted by atomic mass is 16.5. The molecular formula is C18H26N2O2. The lowest BCUT2D eigenvalue weighted by atomic mass is 9.99. The summed E-state index contributed by atoms with van der Waals surface area (Å²) in [6.07, 6.45) is 5.15. The number of nitrogens with one attached hydrogen (secondary N) is 1. The van der Waals surface area contributed by atoms with Gasteiger partial charge in [0.05, 0.1) is 0 Å². The van der Waals surface area contributed by atoms with Gasteiger partial charge in [-0.2, -0.15) is 0 Å². The Balaban J connectivity index is 1.41. The van der Waals surface area contributed by atoms with Gasteiger partial charge in [0.15, 0.2) is 0 Å². The van der Waals surface area contributed by atoms with Crippen LogP contribution in [0.25, 0.3) is 0 Å². The molecule has 0 aliphatic carbocycles. The van der Waals surface area contributed by atoms with Gasteiger partial charge >= 0.3 is 0 Å². The SMILES string of the molecule is O=C(NCCCN1CCCc2ccccc21)C1CCOCC1. The normalized spacial score (nSPS) is 18.8. The molecule has 0 radical (unpaired) electrons. The van der Waals surface area contributed by atoms with E-state index in [1.165, 1.54) is 24.1 Å². The third kappa shape index (κ3) is 3.80. The molecule has 22 heavy (non-hydrogen) atoms. The van der Waals surface area contributed by atoms with Gasteiger partial charge in [-0.15, -0.1) is 0 Å². The number of amides is 1. The van der Waals surface area contributed by atoms with Crippen molar-refractivity contribution < 1.29 is 9.53 Å². The zero-order chi connectivity index (χ0) is 15.2. The summed E-state index contributed by atoms with van der Waals surface area (Å²) in [5, 5.41) is 3.09. The Labute approximate surface area is 132 Å². The van der Waals surface area contributed by atoms with Crippen molar-refractivity contribution in [2.24, 2.45) is 5.92 Å². The number of fused-ring (bicyclic) bond motifs is 1. The van der Waals surface area contributed by atoms with Crippen molar-refractivity contribution in [2.75, 3.05) is 37.7 Å². The second-order valence-corrected chi connectivity index (χ2v) is 6.25. The highest BCUT2D eigenvalue weighted by Crippen LogP contribution is 2.26. The average molecular weight is 302 g/mol. The molecule has 0 spiro atoms. The van der Waals surface area contributed by atoms with E-state index < -0.39 is 0 Å². The number of hydrogen-bond donors (Lipinski definition) is 1. The summed E-state index contributed by atoms with van der Waals surface area (Å²) < 4.78 is 5.30. The van der Waals surface area contributed by atoms with Gasteiger partial charge in [-0.25, -0.2) is 0 Å². The molecule has 1 amide bonds. The molecule has 1 fully saturated rings. The molecule has 4 heteroatoms. The maximum atomic E-state index is 12.1. The van der Waals surface area contributed by atoms with Crippen LogP contribution in [0, 0.1) is 5.92 Å². The maximum Gasteiger partial charge on any atom is 0.223 e. The fourth-order valence-corrected chi connectivity index (χ4v) is 3.43. The van der Waals surface area contributed by atoms with Gasteiger partial charge in [-0.05, 0) is 43.7 Å². The number of nitrogens with zero attached hydrogens (tertiary/aromatic N) is 1. The second kappa shape index (κ2) is 7.63. The van der Waals surface area contributed by atoms with Gasteiger partial charge in [-0.1, -0.05) is 18.2 Å². The standard InChI is InChI=1S/C18H26N2O2/c21-18(16-8-13-22-14-9-16)19-10-4-12-20-11-3-6-15-5-1-2-7-17(15)20/h1-2,5,7,16H,3-4,6,8-14H2,(H,19,21). The minimum absolute atomic E-state index is 0.157. The molecule has 2 aliphatic heterocycles. The molecule has 1 N–H and O–H groups in total. The van der Waals surface area contributed by atoms with E-state index in [1.54, 1.807) is 0 Å². The molecule has 2 heterocycles. The summed E-state index contributed by atoms with van der Waals surface area (Å²) in [6, 6.07) is 8.68. The fraction of sp³-hybridized carbons (Fsp3) is 0.611. The Morgan fingerprint density at radius 2 is 2.09 bits per heavy atom. The smallest absolute Gasteiger partial charge is 0.223 e. The molecule has 120 valence electrons. The molecule has 0 bridgehead atoms. The molecule has 3 rings (SSSR count). The number of carbonyl (C=O) groups is 1. The molecule has 4 nitrogen and oxygen atoms in total. The van der Waals surface area contributed by atoms with Crippen LogP contribution in [0.2, 0.25) is 0 Å². The van der Waals surface area contributed by atoms with Gasteiger partial charge < -0.3 is 15.0 Å². The Kier molecular flexibility index (Phi) is 5.33. The van der Waals surface area contributed by atoms with Gasteiger partial charge in [0, 0.05) is 44.5 Å². The summed E-state index contributed by atoms with van der Waals surface area (Å²) >= 11 is 0. The molecule has 1 saturated heterocycles. The molecule has 0 unspecified atom stereocenters. The number of carbonyl (C=O) groups excluding carboxylic acids is 1. The molecule has 0 atom stereocenters. The number of rotatable bonds is 5. The number of benzene rings is 1. The summed E-state index contributed by atoms with van der Waals surface area (Å²) in [5.74, 6) is 0.367. The summed E-state index contributed by atoms with van der Waals surface area (Å²) in [6.45, 7) is 4.37. The first-order chi connectivity index (χ1) is 10.8. The zero-order valence-electron chi connectivity index (χ0n) is 13.2. The largest absolute Gasteiger partial charge is 0.381 e. The fourth-order valence-electron chi connectivity index (χ4n) is 3.43. The minimum atomic E-state index is 0.157. The van der Waals surface area contributed by atoms with Crippen LogP contribution in [-0.4, -0.2) is 38.8 Å². The van der Waals surface area contributed by atoms with E-state index in [1.807, 2.05) is 0 Å². The van der Waals surface area contributed by atoms with Crippen LogP contribution in [-0.2, 0) is 16.0 Å². The van der Waals surface area contributed by atoms with E-state index in [0.29, 0.717) is 0 Å². The quantitative estimate of drug-likeness (QED) is 0.849. The third-order valence-corrected chi connectivity index (χ3v) is 4.70. The number of hydrogen-bond acceptors (Lipinski definition) is 3. The first kappa shape index (κ1) is 15.3. The van der Waals surface area contributed by atoms with Crippen molar-refractivity contribution in [3.63, 3.8) is 0 Å². The Hall–Kier alpha value is -1.55. The van der Waals surface area contributed by atoms with Gasteiger partial charge in [0.25, 0.3) is 0 Å². The number of para-hydroxylation sites is 1. The van der Waals surface area contributed by atoms with Crippen LogP contribution in [0.15, 0.2) is 24.3 Å². The van der Waals surface area contributed by atoms with Crippen LogP contribution in [0.1, 0.15) is 31.2 Å². The third-order valence-electron chi connectivity index (χ3n) is 4.70. The summed E-state index contributed by atoms with van der Waals surface area (Å²) in [7, 11) is 0. The van der Waals surface area contributed by atoms with E-state index in [4.69, 9.17) is 4.74 Å². The van der Waals surface area contributed by atoms with E-state index in [-0.39, 0.29) is 11.8 Å². The van der Waals surface area contributed by atoms with Crippen LogP contribution in [0.5, 0.6) is 0 Å². The zero-order valence-corrected chi connectivity index (χ0v) is 13.2. The van der Waals surface area contributed by atoms with Crippen LogP contribution < -0.4 is 10.2 Å². The van der Waals surface area contributed by atoms with Crippen molar-refractivity contribution in [2.45, 2.75) is 32.1 Å². The molecule has 1 aromatic rings. The number of aryl methyl sites for hydroxylation is 1. The average Bonchev–Trinajstić information content (AvgIpc) is 2.59. The summed E-state index contributed by atoms with van der Waals surface area (Å²) in [4.78, 5) is 14.5. The van der Waals surface area contributed by atoms with Crippen molar-refractivity contribution in [1.82, 2.24) is 5.32 Å². The number of anilines is 1. The van der Waals surface area contributed by atoms with E-state index in [2.05, 4.69) is 34.5 Å². The molecule has 0 saturated carbocycles. The van der Waals surface area contributed by atoms with E-state index in [9.17, 15) is 4.79 Å². The van der Waals surface area contributed by atoms with Crippen molar-refractivity contribution >= 4 is 11.6 Å². The number of ether oxygens (including phenoxy) is 1. The predicted molar refractivity (Wildman–Crippen MR) is 88.1 cm³/mol. The van der Waals surface area contributed by atoms with Crippen molar-refractivity contribution in [1.29, 1.82) is 0 Å². The Morgan fingerprint density at radius 3 is 2.95 bits per heavy atom. The molecule has 1 aromatic carbocycles. The second-order valence-electron chi connectivity index (χ2n) is 6.25. The van der Waals surface area contributed by atoms with Crippen LogP contribution in [0.4, 0.5) is 5.69 Å². The summed E-state index contributed by atoms with van der Waals surface area (Å²) in [5.41, 5.74) is 2.84. The molecular weight excluding hydrogens is 276 g/mol. The first-order valence-corrected chi connectivity index (χ1v) is 8.53. The van der Waals surface area contributed by atoms with Crippen molar-refractivity contribution in [3.8, 4) is 0 Å². The Bertz CT molecular complexity index is 498. The predicted octanol–water partition coefficient (Wildman–Crippen LogP) is 2.37. The Morgan fingerprint density at radius 1 is 1.27 bits per heavy atom. The van der Waals surface area contributed by atoms with Crippen LogP contribution >= 0.6 is 0 Å². The van der Waals surface area contributed by atoms with Crippen LogP contribution in [0.3, 0.4) is 0 Å². The lowest BCUT2D eigenvalue weighted by Crippen LogP contribution is -2.37. The molecule has 0 aromatic heterocycles. The van der Waals surface area contributed by atoms with E-state index >= 15 is 0 Å². The van der Waals surface area contributed by atoms with Gasteiger partial charge in [0.1, 0.15) is 0 Å². The lowest BCUT2D eigenvalue weighted by Gasteiger charge is -2.31. The van der Waals surface area contributed by atoms with Gasteiger partial charge in [0.2, 0.25) is 5.91 Å². The monoisotopic (exact) mass is 302 g/mol. The maximum absolute atomic E-state index is 12.1. The minimum Gasteiger partial charge on any atom is -0.381 e. The molecule has 2 aliphatic rings. The highest BCUT2D eigenvalue weighted by Gasteiger charge is 2.21. The first-order valence-electron chi connectivity index (χ1n) is 8.53. The van der Waals surface area contributed by atoms with E-state index in [0.717, 1.165) is 52.1 Å². The van der Waals surface area contributed by atoms with Gasteiger partial charge in [-0.3, -0.25) is 4.79 Å². The highest BCUT2D eigenvalue weighted by molar-refractivity contribution is 5.78. The van der Waals surface area contributed by atoms with Crippen molar-refractivity contribution in [3.05, 3.63) is 29.8 Å². The topological polar surface area (TPSA) is 41.6 Å².